The van der Waals surface area contributed by atoms with Gasteiger partial charge in [0.25, 0.3) is 5.56 Å². The number of aromatic amines is 1. The van der Waals surface area contributed by atoms with Crippen molar-refractivity contribution in [2.45, 2.75) is 0 Å². The Morgan fingerprint density at radius 1 is 1.43 bits per heavy atom. The van der Waals surface area contributed by atoms with Gasteiger partial charge >= 0.3 is 5.97 Å². The Hall–Kier alpha value is -2.24. The minimum absolute atomic E-state index is 0.170. The van der Waals surface area contributed by atoms with Crippen molar-refractivity contribution in [1.29, 1.82) is 0 Å². The van der Waals surface area contributed by atoms with E-state index in [4.69, 9.17) is 5.11 Å². The first-order valence-electron chi connectivity index (χ1n) is 3.75. The van der Waals surface area contributed by atoms with Crippen LogP contribution in [0.2, 0.25) is 0 Å². The number of hydrogen-bond acceptors (Lipinski definition) is 4. The number of fused-ring (bicyclic) bond motifs is 1. The van der Waals surface area contributed by atoms with Gasteiger partial charge in [-0.1, -0.05) is 0 Å². The summed E-state index contributed by atoms with van der Waals surface area (Å²) in [7, 11) is 0. The molecule has 2 heterocycles. The van der Waals surface area contributed by atoms with Gasteiger partial charge in [-0.2, -0.15) is 4.98 Å². The molecule has 0 radical (unpaired) electrons. The van der Waals surface area contributed by atoms with Crippen LogP contribution in [0.3, 0.4) is 0 Å². The molecule has 2 aromatic heterocycles. The standard InChI is InChI=1S/C8H5N3O3/c12-7-4-1-5(8(13)14)9-2-6(4)10-3-11-7/h1-3H,(H,13,14)(H,10,11,12). The number of carbonyl (C=O) groups is 1. The van der Waals surface area contributed by atoms with E-state index in [0.717, 1.165) is 0 Å². The third-order valence-electron chi connectivity index (χ3n) is 1.76. The number of nitrogens with one attached hydrogen (secondary N) is 1. The minimum Gasteiger partial charge on any atom is -0.477 e. The first-order chi connectivity index (χ1) is 6.68. The van der Waals surface area contributed by atoms with Crippen molar-refractivity contribution < 1.29 is 9.90 Å². The summed E-state index contributed by atoms with van der Waals surface area (Å²) in [5, 5.41) is 8.86. The number of H-pyrrole nitrogens is 1. The summed E-state index contributed by atoms with van der Waals surface area (Å²) in [6.45, 7) is 0. The molecular weight excluding hydrogens is 186 g/mol. The Balaban J connectivity index is 2.83. The molecule has 0 saturated heterocycles. The summed E-state index contributed by atoms with van der Waals surface area (Å²) in [4.78, 5) is 31.6. The van der Waals surface area contributed by atoms with E-state index < -0.39 is 11.5 Å². The topological polar surface area (TPSA) is 95.9 Å². The molecule has 70 valence electrons. The van der Waals surface area contributed by atoms with Gasteiger partial charge in [0.2, 0.25) is 0 Å². The SMILES string of the molecule is O=C(O)c1cc2c(=O)nc[nH]c2cn1. The maximum atomic E-state index is 11.2. The molecule has 0 fully saturated rings. The van der Waals surface area contributed by atoms with Crippen LogP contribution in [0.5, 0.6) is 0 Å². The second-order valence-corrected chi connectivity index (χ2v) is 2.63. The smallest absolute Gasteiger partial charge is 0.354 e. The van der Waals surface area contributed by atoms with Crippen molar-refractivity contribution in [3.05, 3.63) is 34.6 Å². The molecule has 6 nitrogen and oxygen atoms in total. The predicted molar refractivity (Wildman–Crippen MR) is 47.1 cm³/mol. The highest BCUT2D eigenvalue weighted by Gasteiger charge is 2.07. The molecule has 6 heteroatoms. The second kappa shape index (κ2) is 2.91. The molecule has 2 rings (SSSR count). The van der Waals surface area contributed by atoms with Crippen LogP contribution in [0.15, 0.2) is 23.4 Å². The van der Waals surface area contributed by atoms with Crippen LogP contribution >= 0.6 is 0 Å². The molecule has 2 aromatic rings. The van der Waals surface area contributed by atoms with E-state index in [1.54, 1.807) is 0 Å². The minimum atomic E-state index is -1.17. The van der Waals surface area contributed by atoms with Crippen LogP contribution in [0.4, 0.5) is 0 Å². The average Bonchev–Trinajstić information content (AvgIpc) is 2.18. The summed E-state index contributed by atoms with van der Waals surface area (Å²) >= 11 is 0. The normalized spacial score (nSPS) is 10.3. The number of nitrogens with zero attached hydrogens (tertiary/aromatic N) is 2. The van der Waals surface area contributed by atoms with E-state index in [0.29, 0.717) is 5.52 Å². The Kier molecular flexibility index (Phi) is 1.74. The lowest BCUT2D eigenvalue weighted by atomic mass is 10.2. The fourth-order valence-corrected chi connectivity index (χ4v) is 1.09. The lowest BCUT2D eigenvalue weighted by molar-refractivity contribution is 0.0690. The highest BCUT2D eigenvalue weighted by molar-refractivity contribution is 5.90. The van der Waals surface area contributed by atoms with Gasteiger partial charge in [-0.3, -0.25) is 4.79 Å². The Labute approximate surface area is 77.3 Å². The van der Waals surface area contributed by atoms with Gasteiger partial charge in [-0.15, -0.1) is 0 Å². The van der Waals surface area contributed by atoms with Crippen molar-refractivity contribution in [2.24, 2.45) is 0 Å². The third kappa shape index (κ3) is 1.22. The fraction of sp³-hybridized carbons (Fsp3) is 0. The van der Waals surface area contributed by atoms with Gasteiger partial charge in [-0.05, 0) is 6.07 Å². The summed E-state index contributed by atoms with van der Waals surface area (Å²) < 4.78 is 0. The molecule has 0 aliphatic heterocycles. The first kappa shape index (κ1) is 8.36. The predicted octanol–water partition coefficient (Wildman–Crippen LogP) is 0.0163. The molecule has 0 aromatic carbocycles. The Morgan fingerprint density at radius 3 is 2.93 bits per heavy atom. The zero-order valence-corrected chi connectivity index (χ0v) is 6.89. The fourth-order valence-electron chi connectivity index (χ4n) is 1.09. The molecule has 0 aliphatic rings. The summed E-state index contributed by atoms with van der Waals surface area (Å²) in [6.07, 6.45) is 2.54. The number of hydrogen-bond donors (Lipinski definition) is 2. The number of pyridine rings is 1. The van der Waals surface area contributed by atoms with Crippen LogP contribution < -0.4 is 5.56 Å². The Bertz CT molecular complexity index is 561. The van der Waals surface area contributed by atoms with Crippen LogP contribution in [-0.4, -0.2) is 26.0 Å². The average molecular weight is 191 g/mol. The van der Waals surface area contributed by atoms with Gasteiger partial charge < -0.3 is 10.1 Å². The molecule has 0 saturated carbocycles. The van der Waals surface area contributed by atoms with Gasteiger partial charge in [0.1, 0.15) is 5.69 Å². The van der Waals surface area contributed by atoms with Gasteiger partial charge in [0.05, 0.1) is 23.4 Å². The first-order valence-corrected chi connectivity index (χ1v) is 3.75. The number of carboxylic acid groups (broad SMARTS) is 1. The maximum Gasteiger partial charge on any atom is 0.354 e. The highest BCUT2D eigenvalue weighted by atomic mass is 16.4. The molecule has 0 amide bonds. The van der Waals surface area contributed by atoms with E-state index in [9.17, 15) is 9.59 Å². The van der Waals surface area contributed by atoms with Gasteiger partial charge in [-0.25, -0.2) is 9.78 Å². The van der Waals surface area contributed by atoms with Crippen molar-refractivity contribution in [2.75, 3.05) is 0 Å². The summed E-state index contributed by atoms with van der Waals surface area (Å²) in [6, 6.07) is 1.20. The molecule has 0 atom stereocenters. The Morgan fingerprint density at radius 2 is 2.21 bits per heavy atom. The van der Waals surface area contributed by atoms with Crippen LogP contribution in [0.25, 0.3) is 10.9 Å². The van der Waals surface area contributed by atoms with Crippen LogP contribution in [0, 0.1) is 0 Å². The maximum absolute atomic E-state index is 11.2. The quantitative estimate of drug-likeness (QED) is 0.662. The lowest BCUT2D eigenvalue weighted by Gasteiger charge is -1.96. The molecule has 0 bridgehead atoms. The third-order valence-corrected chi connectivity index (χ3v) is 1.76. The van der Waals surface area contributed by atoms with Gasteiger partial charge in [0, 0.05) is 0 Å². The van der Waals surface area contributed by atoms with E-state index in [2.05, 4.69) is 15.0 Å². The number of carboxylic acids is 1. The number of aromatic carboxylic acids is 1. The van der Waals surface area contributed by atoms with E-state index in [-0.39, 0.29) is 11.1 Å². The van der Waals surface area contributed by atoms with E-state index in [1.165, 1.54) is 18.6 Å². The van der Waals surface area contributed by atoms with Crippen LogP contribution in [-0.2, 0) is 0 Å². The van der Waals surface area contributed by atoms with Crippen molar-refractivity contribution in [1.82, 2.24) is 15.0 Å². The molecular formula is C8H5N3O3. The summed E-state index contributed by atoms with van der Waals surface area (Å²) in [5.74, 6) is -1.17. The molecule has 14 heavy (non-hydrogen) atoms. The largest absolute Gasteiger partial charge is 0.477 e. The molecule has 0 aliphatic carbocycles. The number of aromatic nitrogens is 3. The van der Waals surface area contributed by atoms with Crippen molar-refractivity contribution in [3.63, 3.8) is 0 Å². The zero-order valence-electron chi connectivity index (χ0n) is 6.89. The number of rotatable bonds is 1. The monoisotopic (exact) mass is 191 g/mol. The zero-order chi connectivity index (χ0) is 10.1. The summed E-state index contributed by atoms with van der Waals surface area (Å²) in [5.41, 5.74) is -0.172. The molecule has 0 unspecified atom stereocenters. The molecule has 2 N–H and O–H groups in total. The lowest BCUT2D eigenvalue weighted by Crippen LogP contribution is -2.09. The van der Waals surface area contributed by atoms with Gasteiger partial charge in [0.15, 0.2) is 0 Å². The van der Waals surface area contributed by atoms with E-state index >= 15 is 0 Å². The van der Waals surface area contributed by atoms with Crippen molar-refractivity contribution in [3.8, 4) is 0 Å². The highest BCUT2D eigenvalue weighted by Crippen LogP contribution is 2.05. The second-order valence-electron chi connectivity index (χ2n) is 2.63. The van der Waals surface area contributed by atoms with Crippen molar-refractivity contribution >= 4 is 16.9 Å². The van der Waals surface area contributed by atoms with E-state index in [1.807, 2.05) is 0 Å². The van der Waals surface area contributed by atoms with Crippen LogP contribution in [0.1, 0.15) is 10.5 Å². The molecule has 0 spiro atoms.